The van der Waals surface area contributed by atoms with E-state index in [1.807, 2.05) is 11.9 Å². The fourth-order valence-electron chi connectivity index (χ4n) is 4.55. The molecule has 1 saturated heterocycles. The van der Waals surface area contributed by atoms with Crippen LogP contribution >= 0.6 is 0 Å². The number of likely N-dealkylation sites (N-methyl/N-ethyl adjacent to an activating group) is 1. The van der Waals surface area contributed by atoms with E-state index >= 15 is 0 Å². The van der Waals surface area contributed by atoms with Gasteiger partial charge < -0.3 is 10.2 Å². The third-order valence-corrected chi connectivity index (χ3v) is 5.63. The van der Waals surface area contributed by atoms with Crippen molar-refractivity contribution in [1.82, 2.24) is 10.2 Å². The first-order chi connectivity index (χ1) is 9.24. The number of rotatable bonds is 3. The zero-order valence-electron chi connectivity index (χ0n) is 12.2. The van der Waals surface area contributed by atoms with Gasteiger partial charge in [0.15, 0.2) is 0 Å². The van der Waals surface area contributed by atoms with Crippen LogP contribution < -0.4 is 5.32 Å². The Kier molecular flexibility index (Phi) is 4.11. The minimum atomic E-state index is 0.0890. The third kappa shape index (κ3) is 2.96. The van der Waals surface area contributed by atoms with Gasteiger partial charge in [-0.3, -0.25) is 4.79 Å². The van der Waals surface area contributed by atoms with Gasteiger partial charge in [-0.25, -0.2) is 0 Å². The predicted octanol–water partition coefficient (Wildman–Crippen LogP) is 2.41. The van der Waals surface area contributed by atoms with E-state index in [0.29, 0.717) is 5.91 Å². The number of fused-ring (bicyclic) bond motifs is 2. The van der Waals surface area contributed by atoms with E-state index < -0.39 is 0 Å². The molecule has 3 nitrogen and oxygen atoms in total. The average molecular weight is 264 g/mol. The maximum Gasteiger partial charge on any atom is 0.239 e. The highest BCUT2D eigenvalue weighted by atomic mass is 16.2. The van der Waals surface area contributed by atoms with Crippen molar-refractivity contribution in [3.63, 3.8) is 0 Å². The zero-order chi connectivity index (χ0) is 13.2. The maximum absolute atomic E-state index is 12.5. The lowest BCUT2D eigenvalue weighted by Crippen LogP contribution is -2.46. The molecule has 108 valence electrons. The Morgan fingerprint density at radius 2 is 2.05 bits per heavy atom. The van der Waals surface area contributed by atoms with Crippen molar-refractivity contribution in [2.75, 3.05) is 20.1 Å². The lowest BCUT2D eigenvalue weighted by Gasteiger charge is -2.29. The van der Waals surface area contributed by atoms with Crippen molar-refractivity contribution in [3.8, 4) is 0 Å². The van der Waals surface area contributed by atoms with Crippen molar-refractivity contribution in [1.29, 1.82) is 0 Å². The molecule has 3 heteroatoms. The molecule has 1 heterocycles. The van der Waals surface area contributed by atoms with Gasteiger partial charge in [-0.2, -0.15) is 0 Å². The molecule has 3 aliphatic rings. The number of amides is 1. The van der Waals surface area contributed by atoms with Gasteiger partial charge in [-0.1, -0.05) is 19.3 Å². The quantitative estimate of drug-likeness (QED) is 0.849. The standard InChI is InChI=1S/C16H28N2O/c1-18(11-14-10-12-6-7-13(14)9-12)16(19)15-5-3-2-4-8-17-15/h12-15,17H,2-11H2,1H3. The van der Waals surface area contributed by atoms with Gasteiger partial charge in [0, 0.05) is 13.6 Å². The van der Waals surface area contributed by atoms with Crippen LogP contribution in [0.25, 0.3) is 0 Å². The van der Waals surface area contributed by atoms with Crippen LogP contribution in [0.2, 0.25) is 0 Å². The van der Waals surface area contributed by atoms with Crippen LogP contribution in [0.3, 0.4) is 0 Å². The van der Waals surface area contributed by atoms with Crippen LogP contribution in [0.15, 0.2) is 0 Å². The Balaban J connectivity index is 1.51. The number of carbonyl (C=O) groups excluding carboxylic acids is 1. The normalized spacial score (nSPS) is 38.2. The van der Waals surface area contributed by atoms with Gasteiger partial charge in [-0.05, 0) is 56.4 Å². The number of hydrogen-bond acceptors (Lipinski definition) is 2. The van der Waals surface area contributed by atoms with E-state index in [4.69, 9.17) is 0 Å². The van der Waals surface area contributed by atoms with Crippen molar-refractivity contribution in [2.24, 2.45) is 17.8 Å². The highest BCUT2D eigenvalue weighted by molar-refractivity contribution is 5.81. The summed E-state index contributed by atoms with van der Waals surface area (Å²) in [6.07, 6.45) is 10.4. The van der Waals surface area contributed by atoms with Gasteiger partial charge in [0.1, 0.15) is 0 Å². The van der Waals surface area contributed by atoms with Crippen LogP contribution in [0.4, 0.5) is 0 Å². The fourth-order valence-corrected chi connectivity index (χ4v) is 4.55. The summed E-state index contributed by atoms with van der Waals surface area (Å²) in [5, 5.41) is 3.43. The molecule has 1 aliphatic heterocycles. The second-order valence-corrected chi connectivity index (χ2v) is 7.01. The molecule has 1 amide bonds. The number of carbonyl (C=O) groups is 1. The fraction of sp³-hybridized carbons (Fsp3) is 0.938. The molecular formula is C16H28N2O. The summed E-state index contributed by atoms with van der Waals surface area (Å²) in [5.41, 5.74) is 0. The summed E-state index contributed by atoms with van der Waals surface area (Å²) in [4.78, 5) is 14.5. The molecule has 19 heavy (non-hydrogen) atoms. The predicted molar refractivity (Wildman–Crippen MR) is 76.8 cm³/mol. The Labute approximate surface area is 117 Å². The zero-order valence-corrected chi connectivity index (χ0v) is 12.2. The summed E-state index contributed by atoms with van der Waals surface area (Å²) in [6.45, 7) is 2.01. The lowest BCUT2D eigenvalue weighted by molar-refractivity contribution is -0.133. The number of hydrogen-bond donors (Lipinski definition) is 1. The third-order valence-electron chi connectivity index (χ3n) is 5.63. The summed E-state index contributed by atoms with van der Waals surface area (Å²) in [5.74, 6) is 3.03. The minimum absolute atomic E-state index is 0.0890. The van der Waals surface area contributed by atoms with Crippen LogP contribution in [0.5, 0.6) is 0 Å². The summed E-state index contributed by atoms with van der Waals surface area (Å²) >= 11 is 0. The second-order valence-electron chi connectivity index (χ2n) is 7.01. The molecule has 0 aromatic carbocycles. The summed E-state index contributed by atoms with van der Waals surface area (Å²) in [7, 11) is 2.01. The molecule has 4 atom stereocenters. The van der Waals surface area contributed by atoms with Gasteiger partial charge in [-0.15, -0.1) is 0 Å². The van der Waals surface area contributed by atoms with Crippen molar-refractivity contribution < 1.29 is 4.79 Å². The highest BCUT2D eigenvalue weighted by Crippen LogP contribution is 2.48. The molecule has 2 bridgehead atoms. The monoisotopic (exact) mass is 264 g/mol. The van der Waals surface area contributed by atoms with Crippen molar-refractivity contribution in [3.05, 3.63) is 0 Å². The molecular weight excluding hydrogens is 236 g/mol. The van der Waals surface area contributed by atoms with Crippen LogP contribution in [-0.2, 0) is 4.79 Å². The van der Waals surface area contributed by atoms with E-state index in [2.05, 4.69) is 5.32 Å². The molecule has 2 saturated carbocycles. The van der Waals surface area contributed by atoms with Crippen molar-refractivity contribution in [2.45, 2.75) is 57.4 Å². The number of nitrogens with one attached hydrogen (secondary N) is 1. The second kappa shape index (κ2) is 5.82. The molecule has 0 aromatic heterocycles. The first-order valence-corrected chi connectivity index (χ1v) is 8.22. The van der Waals surface area contributed by atoms with Crippen LogP contribution in [0, 0.1) is 17.8 Å². The largest absolute Gasteiger partial charge is 0.344 e. The molecule has 2 aliphatic carbocycles. The van der Waals surface area contributed by atoms with Gasteiger partial charge in [0.25, 0.3) is 0 Å². The Morgan fingerprint density at radius 3 is 2.79 bits per heavy atom. The minimum Gasteiger partial charge on any atom is -0.344 e. The molecule has 3 fully saturated rings. The maximum atomic E-state index is 12.5. The average Bonchev–Trinajstić information content (AvgIpc) is 2.91. The van der Waals surface area contributed by atoms with Crippen LogP contribution in [0.1, 0.15) is 51.4 Å². The van der Waals surface area contributed by atoms with E-state index in [0.717, 1.165) is 37.3 Å². The molecule has 0 aromatic rings. The SMILES string of the molecule is CN(CC1CC2CCC1C2)C(=O)C1CCCCCN1. The van der Waals surface area contributed by atoms with E-state index in [9.17, 15) is 4.79 Å². The molecule has 3 rings (SSSR count). The summed E-state index contributed by atoms with van der Waals surface area (Å²) in [6, 6.07) is 0.0890. The Bertz CT molecular complexity index is 323. The summed E-state index contributed by atoms with van der Waals surface area (Å²) < 4.78 is 0. The smallest absolute Gasteiger partial charge is 0.239 e. The van der Waals surface area contributed by atoms with E-state index in [1.165, 1.54) is 44.9 Å². The molecule has 0 spiro atoms. The lowest BCUT2D eigenvalue weighted by atomic mass is 9.88. The molecule has 4 unspecified atom stereocenters. The van der Waals surface area contributed by atoms with Crippen molar-refractivity contribution >= 4 is 5.91 Å². The molecule has 0 radical (unpaired) electrons. The Hall–Kier alpha value is -0.570. The van der Waals surface area contributed by atoms with Gasteiger partial charge in [0.2, 0.25) is 5.91 Å². The van der Waals surface area contributed by atoms with Gasteiger partial charge in [0.05, 0.1) is 6.04 Å². The highest BCUT2D eigenvalue weighted by Gasteiger charge is 2.40. The Morgan fingerprint density at radius 1 is 1.16 bits per heavy atom. The van der Waals surface area contributed by atoms with E-state index in [1.54, 1.807) is 0 Å². The topological polar surface area (TPSA) is 32.3 Å². The van der Waals surface area contributed by atoms with Gasteiger partial charge >= 0.3 is 0 Å². The number of nitrogens with zero attached hydrogens (tertiary/aromatic N) is 1. The van der Waals surface area contributed by atoms with E-state index in [-0.39, 0.29) is 6.04 Å². The first kappa shape index (κ1) is 13.4. The molecule has 1 N–H and O–H groups in total. The first-order valence-electron chi connectivity index (χ1n) is 8.22. The van der Waals surface area contributed by atoms with Crippen LogP contribution in [-0.4, -0.2) is 37.0 Å².